The first-order valence-electron chi connectivity index (χ1n) is 6.22. The van der Waals surface area contributed by atoms with Crippen LogP contribution >= 0.6 is 11.6 Å². The number of nitrogens with one attached hydrogen (secondary N) is 1. The van der Waals surface area contributed by atoms with Gasteiger partial charge in [0.1, 0.15) is 12.1 Å². The van der Waals surface area contributed by atoms with Gasteiger partial charge in [0.15, 0.2) is 0 Å². The lowest BCUT2D eigenvalue weighted by molar-refractivity contribution is 0.359. The summed E-state index contributed by atoms with van der Waals surface area (Å²) < 4.78 is 23.4. The molecular formula is C14H15ClFN3O2. The monoisotopic (exact) mass is 311 g/mol. The number of halogens is 2. The Hall–Kier alpha value is -1.92. The van der Waals surface area contributed by atoms with Gasteiger partial charge in [-0.1, -0.05) is 17.7 Å². The molecule has 0 saturated carbocycles. The first-order chi connectivity index (χ1) is 10.2. The van der Waals surface area contributed by atoms with Crippen LogP contribution in [0.5, 0.6) is 11.8 Å². The molecule has 0 aliphatic rings. The molecule has 0 saturated heterocycles. The lowest BCUT2D eigenvalue weighted by atomic mass is 10.2. The fourth-order valence-electron chi connectivity index (χ4n) is 1.87. The Morgan fingerprint density at radius 2 is 1.81 bits per heavy atom. The largest absolute Gasteiger partial charge is 0.481 e. The van der Waals surface area contributed by atoms with Crippen LogP contribution in [0.2, 0.25) is 5.02 Å². The zero-order valence-corrected chi connectivity index (χ0v) is 12.4. The lowest BCUT2D eigenvalue weighted by Gasteiger charge is -2.11. The van der Waals surface area contributed by atoms with Crippen molar-refractivity contribution in [3.05, 3.63) is 46.5 Å². The zero-order chi connectivity index (χ0) is 15.2. The number of aromatic nitrogens is 2. The molecule has 0 amide bonds. The first kappa shape index (κ1) is 15.5. The fourth-order valence-corrected chi connectivity index (χ4v) is 2.07. The third-order valence-corrected chi connectivity index (χ3v) is 3.16. The molecule has 0 spiro atoms. The molecule has 0 fully saturated rings. The van der Waals surface area contributed by atoms with Crippen molar-refractivity contribution in [2.45, 2.75) is 13.1 Å². The predicted octanol–water partition coefficient (Wildman–Crippen LogP) is 2.58. The molecule has 1 aromatic carbocycles. The topological polar surface area (TPSA) is 56.3 Å². The molecule has 7 heteroatoms. The number of methoxy groups -OCH3 is 2. The van der Waals surface area contributed by atoms with Gasteiger partial charge in [0.05, 0.1) is 24.8 Å². The molecule has 0 radical (unpaired) electrons. The van der Waals surface area contributed by atoms with E-state index >= 15 is 0 Å². The Labute approximate surface area is 127 Å². The normalized spacial score (nSPS) is 10.5. The van der Waals surface area contributed by atoms with Crippen molar-refractivity contribution in [1.82, 2.24) is 15.3 Å². The van der Waals surface area contributed by atoms with Crippen molar-refractivity contribution in [3.8, 4) is 11.8 Å². The van der Waals surface area contributed by atoms with Crippen LogP contribution in [-0.2, 0) is 13.1 Å². The Bertz CT molecular complexity index is 603. The van der Waals surface area contributed by atoms with Crippen LogP contribution in [-0.4, -0.2) is 24.2 Å². The van der Waals surface area contributed by atoms with Crippen molar-refractivity contribution in [3.63, 3.8) is 0 Å². The summed E-state index contributed by atoms with van der Waals surface area (Å²) in [6, 6.07) is 4.59. The summed E-state index contributed by atoms with van der Waals surface area (Å²) in [5.74, 6) is 0.471. The zero-order valence-electron chi connectivity index (χ0n) is 11.7. The molecule has 21 heavy (non-hydrogen) atoms. The molecule has 112 valence electrons. The summed E-state index contributed by atoms with van der Waals surface area (Å²) in [5, 5.41) is 3.30. The molecule has 0 bridgehead atoms. The van der Waals surface area contributed by atoms with Crippen LogP contribution < -0.4 is 14.8 Å². The molecule has 0 unspecified atom stereocenters. The van der Waals surface area contributed by atoms with Gasteiger partial charge in [-0.2, -0.15) is 0 Å². The lowest BCUT2D eigenvalue weighted by Crippen LogP contribution is -2.15. The summed E-state index contributed by atoms with van der Waals surface area (Å²) in [7, 11) is 3.07. The Balaban J connectivity index is 2.04. The van der Waals surface area contributed by atoms with Crippen molar-refractivity contribution in [2.75, 3.05) is 14.2 Å². The molecule has 2 aromatic rings. The van der Waals surface area contributed by atoms with Gasteiger partial charge in [-0.25, -0.2) is 14.4 Å². The smallest absolute Gasteiger partial charge is 0.224 e. The van der Waals surface area contributed by atoms with E-state index in [1.165, 1.54) is 26.6 Å². The third-order valence-electron chi connectivity index (χ3n) is 2.87. The first-order valence-corrected chi connectivity index (χ1v) is 6.60. The van der Waals surface area contributed by atoms with Crippen LogP contribution in [0.25, 0.3) is 0 Å². The predicted molar refractivity (Wildman–Crippen MR) is 77.1 cm³/mol. The minimum atomic E-state index is -0.430. The van der Waals surface area contributed by atoms with Crippen molar-refractivity contribution in [1.29, 1.82) is 0 Å². The Morgan fingerprint density at radius 1 is 1.14 bits per heavy atom. The second kappa shape index (κ2) is 7.19. The number of hydrogen-bond donors (Lipinski definition) is 1. The van der Waals surface area contributed by atoms with Crippen LogP contribution in [0.15, 0.2) is 24.5 Å². The quantitative estimate of drug-likeness (QED) is 0.888. The number of rotatable bonds is 6. The highest BCUT2D eigenvalue weighted by atomic mass is 35.5. The van der Waals surface area contributed by atoms with E-state index in [9.17, 15) is 4.39 Å². The van der Waals surface area contributed by atoms with Gasteiger partial charge in [-0.3, -0.25) is 0 Å². The standard InChI is InChI=1S/C14H15ClFN3O2/c1-20-13-10(14(21-2)19-8-18-13)7-17-6-9-3-4-12(16)11(15)5-9/h3-5,8,17H,6-7H2,1-2H3. The van der Waals surface area contributed by atoms with Gasteiger partial charge >= 0.3 is 0 Å². The van der Waals surface area contributed by atoms with E-state index in [-0.39, 0.29) is 5.02 Å². The van der Waals surface area contributed by atoms with E-state index in [0.717, 1.165) is 11.1 Å². The maximum Gasteiger partial charge on any atom is 0.224 e. The van der Waals surface area contributed by atoms with Crippen LogP contribution in [0, 0.1) is 5.82 Å². The van der Waals surface area contributed by atoms with Crippen molar-refractivity contribution >= 4 is 11.6 Å². The summed E-state index contributed by atoms with van der Waals surface area (Å²) in [4.78, 5) is 8.07. The summed E-state index contributed by atoms with van der Waals surface area (Å²) in [6.45, 7) is 0.962. The van der Waals surface area contributed by atoms with Gasteiger partial charge < -0.3 is 14.8 Å². The van der Waals surface area contributed by atoms with Gasteiger partial charge in [0.25, 0.3) is 0 Å². The van der Waals surface area contributed by atoms with Gasteiger partial charge in [0.2, 0.25) is 11.8 Å². The third kappa shape index (κ3) is 3.80. The number of hydrogen-bond acceptors (Lipinski definition) is 5. The number of ether oxygens (including phenoxy) is 2. The van der Waals surface area contributed by atoms with E-state index in [4.69, 9.17) is 21.1 Å². The SMILES string of the molecule is COc1ncnc(OC)c1CNCc1ccc(F)c(Cl)c1. The molecule has 1 aromatic heterocycles. The van der Waals surface area contributed by atoms with Crippen molar-refractivity contribution in [2.24, 2.45) is 0 Å². The van der Waals surface area contributed by atoms with Gasteiger partial charge in [-0.15, -0.1) is 0 Å². The van der Waals surface area contributed by atoms with Crippen LogP contribution in [0.3, 0.4) is 0 Å². The van der Waals surface area contributed by atoms with E-state index in [0.29, 0.717) is 24.8 Å². The molecule has 1 heterocycles. The van der Waals surface area contributed by atoms with E-state index in [2.05, 4.69) is 15.3 Å². The molecule has 0 aliphatic heterocycles. The average molecular weight is 312 g/mol. The highest BCUT2D eigenvalue weighted by Gasteiger charge is 2.12. The van der Waals surface area contributed by atoms with E-state index in [1.54, 1.807) is 12.1 Å². The molecule has 2 rings (SSSR count). The Morgan fingerprint density at radius 3 is 2.38 bits per heavy atom. The Kier molecular flexibility index (Phi) is 5.30. The van der Waals surface area contributed by atoms with Crippen LogP contribution in [0.1, 0.15) is 11.1 Å². The van der Waals surface area contributed by atoms with E-state index in [1.807, 2.05) is 0 Å². The summed E-state index contributed by atoms with van der Waals surface area (Å²) in [5.41, 5.74) is 1.59. The molecule has 0 atom stereocenters. The fraction of sp³-hybridized carbons (Fsp3) is 0.286. The summed E-state index contributed by atoms with van der Waals surface area (Å²) >= 11 is 5.74. The maximum atomic E-state index is 13.1. The number of nitrogens with zero attached hydrogens (tertiary/aromatic N) is 2. The highest BCUT2D eigenvalue weighted by Crippen LogP contribution is 2.23. The average Bonchev–Trinajstić information content (AvgIpc) is 2.50. The highest BCUT2D eigenvalue weighted by molar-refractivity contribution is 6.30. The van der Waals surface area contributed by atoms with Gasteiger partial charge in [0, 0.05) is 13.1 Å². The van der Waals surface area contributed by atoms with Gasteiger partial charge in [-0.05, 0) is 17.7 Å². The maximum absolute atomic E-state index is 13.1. The minimum Gasteiger partial charge on any atom is -0.481 e. The minimum absolute atomic E-state index is 0.104. The van der Waals surface area contributed by atoms with E-state index < -0.39 is 5.82 Å². The second-order valence-corrected chi connectivity index (χ2v) is 4.63. The van der Waals surface area contributed by atoms with Crippen molar-refractivity contribution < 1.29 is 13.9 Å². The number of benzene rings is 1. The summed E-state index contributed by atoms with van der Waals surface area (Å²) in [6.07, 6.45) is 1.38. The van der Waals surface area contributed by atoms with Crippen LogP contribution in [0.4, 0.5) is 4.39 Å². The molecular weight excluding hydrogens is 297 g/mol. The molecule has 1 N–H and O–H groups in total. The second-order valence-electron chi connectivity index (χ2n) is 4.22. The molecule has 0 aliphatic carbocycles. The molecule has 5 nitrogen and oxygen atoms in total.